The minimum absolute atomic E-state index is 0.00558. The molecule has 0 aromatic heterocycles. The van der Waals surface area contributed by atoms with Gasteiger partial charge in [0.2, 0.25) is 12.1 Å². The Balaban J connectivity index is 2.81. The number of nitrogens with zero attached hydrogens (tertiary/aromatic N) is 2. The van der Waals surface area contributed by atoms with Crippen LogP contribution in [0, 0.1) is 17.4 Å². The van der Waals surface area contributed by atoms with E-state index in [2.05, 4.69) is 30.6 Å². The minimum atomic E-state index is -0.00558. The van der Waals surface area contributed by atoms with Crippen LogP contribution in [-0.2, 0) is 4.79 Å². The standard InChI is InChI=1S/C12H18N2O/c1-11(2)5-10(13-4)6-12(3,7-11)8-14-9-15/h10H,5-8H2,1-3H3. The Kier molecular flexibility index (Phi) is 3.31. The van der Waals surface area contributed by atoms with Crippen molar-refractivity contribution in [1.82, 2.24) is 0 Å². The van der Waals surface area contributed by atoms with E-state index in [1.165, 1.54) is 0 Å². The summed E-state index contributed by atoms with van der Waals surface area (Å²) >= 11 is 0. The number of isocyanates is 1. The van der Waals surface area contributed by atoms with Crippen LogP contribution in [0.1, 0.15) is 40.0 Å². The van der Waals surface area contributed by atoms with Crippen LogP contribution in [0.4, 0.5) is 0 Å². The highest BCUT2D eigenvalue weighted by Gasteiger charge is 2.43. The summed E-state index contributed by atoms with van der Waals surface area (Å²) < 4.78 is 0. The van der Waals surface area contributed by atoms with E-state index in [0.29, 0.717) is 6.54 Å². The smallest absolute Gasteiger partial charge is 0.234 e. The molecule has 0 N–H and O–H groups in total. The Morgan fingerprint density at radius 1 is 1.47 bits per heavy atom. The summed E-state index contributed by atoms with van der Waals surface area (Å²) in [5, 5.41) is 0. The van der Waals surface area contributed by atoms with E-state index in [4.69, 9.17) is 6.57 Å². The van der Waals surface area contributed by atoms with E-state index in [0.717, 1.165) is 19.3 Å². The summed E-state index contributed by atoms with van der Waals surface area (Å²) in [6.07, 6.45) is 4.43. The number of carbonyl (C=O) groups excluding carboxylic acids is 1. The van der Waals surface area contributed by atoms with Crippen LogP contribution in [0.3, 0.4) is 0 Å². The molecule has 0 aliphatic heterocycles. The SMILES string of the molecule is [C-]#[N+]C1CC(C)(C)CC(C)(CN=C=O)C1. The molecule has 15 heavy (non-hydrogen) atoms. The molecule has 2 unspecified atom stereocenters. The molecule has 0 spiro atoms. The molecular formula is C12H18N2O. The van der Waals surface area contributed by atoms with Gasteiger partial charge in [-0.1, -0.05) is 20.8 Å². The second-order valence-electron chi connectivity index (χ2n) is 5.75. The molecule has 1 fully saturated rings. The van der Waals surface area contributed by atoms with Gasteiger partial charge >= 0.3 is 0 Å². The van der Waals surface area contributed by atoms with Crippen LogP contribution in [0.15, 0.2) is 4.99 Å². The molecule has 3 nitrogen and oxygen atoms in total. The van der Waals surface area contributed by atoms with Crippen molar-refractivity contribution in [2.75, 3.05) is 6.54 Å². The maximum atomic E-state index is 10.2. The van der Waals surface area contributed by atoms with Gasteiger partial charge in [0.15, 0.2) is 0 Å². The van der Waals surface area contributed by atoms with Crippen LogP contribution in [0.2, 0.25) is 0 Å². The summed E-state index contributed by atoms with van der Waals surface area (Å²) in [7, 11) is 0. The number of rotatable bonds is 2. The molecular weight excluding hydrogens is 188 g/mol. The van der Waals surface area contributed by atoms with Gasteiger partial charge in [-0.25, -0.2) is 16.4 Å². The van der Waals surface area contributed by atoms with Crippen LogP contribution in [-0.4, -0.2) is 18.7 Å². The largest absolute Gasteiger partial charge is 0.314 e. The van der Waals surface area contributed by atoms with Crippen molar-refractivity contribution >= 4 is 6.08 Å². The zero-order chi connectivity index (χ0) is 11.5. The van der Waals surface area contributed by atoms with Crippen LogP contribution in [0.5, 0.6) is 0 Å². The molecule has 0 aromatic rings. The molecule has 0 heterocycles. The predicted molar refractivity (Wildman–Crippen MR) is 59.1 cm³/mol. The van der Waals surface area contributed by atoms with E-state index in [1.54, 1.807) is 6.08 Å². The lowest BCUT2D eigenvalue weighted by atomic mass is 9.63. The van der Waals surface area contributed by atoms with Gasteiger partial charge in [-0.05, 0) is 17.3 Å². The first kappa shape index (κ1) is 11.9. The van der Waals surface area contributed by atoms with E-state index >= 15 is 0 Å². The summed E-state index contributed by atoms with van der Waals surface area (Å²) in [6.45, 7) is 14.1. The fourth-order valence-electron chi connectivity index (χ4n) is 3.01. The van der Waals surface area contributed by atoms with Gasteiger partial charge in [-0.15, -0.1) is 0 Å². The first-order valence-corrected chi connectivity index (χ1v) is 5.31. The summed E-state index contributed by atoms with van der Waals surface area (Å²) in [6, 6.07) is 0.0839. The highest BCUT2D eigenvalue weighted by molar-refractivity contribution is 5.33. The molecule has 1 aliphatic carbocycles. The molecule has 1 saturated carbocycles. The maximum absolute atomic E-state index is 10.2. The second-order valence-corrected chi connectivity index (χ2v) is 5.75. The number of hydrogen-bond donors (Lipinski definition) is 0. The zero-order valence-corrected chi connectivity index (χ0v) is 9.71. The molecule has 3 heteroatoms. The average molecular weight is 206 g/mol. The molecule has 82 valence electrons. The molecule has 0 aromatic carbocycles. The van der Waals surface area contributed by atoms with Gasteiger partial charge in [0.05, 0.1) is 6.54 Å². The fraction of sp³-hybridized carbons (Fsp3) is 0.833. The third kappa shape index (κ3) is 3.18. The quantitative estimate of drug-likeness (QED) is 0.388. The highest BCUT2D eigenvalue weighted by atomic mass is 16.1. The molecule has 0 bridgehead atoms. The van der Waals surface area contributed by atoms with Gasteiger partial charge in [-0.2, -0.15) is 0 Å². The second kappa shape index (κ2) is 4.16. The Bertz CT molecular complexity index is 323. The van der Waals surface area contributed by atoms with Crippen LogP contribution < -0.4 is 0 Å². The lowest BCUT2D eigenvalue weighted by molar-refractivity contribution is 0.101. The first-order chi connectivity index (χ1) is 6.91. The fourth-order valence-corrected chi connectivity index (χ4v) is 3.01. The van der Waals surface area contributed by atoms with E-state index in [1.807, 2.05) is 0 Å². The monoisotopic (exact) mass is 206 g/mol. The summed E-state index contributed by atoms with van der Waals surface area (Å²) in [4.78, 5) is 17.5. The normalized spacial score (nSPS) is 33.9. The van der Waals surface area contributed by atoms with Crippen molar-refractivity contribution in [2.45, 2.75) is 46.1 Å². The lowest BCUT2D eigenvalue weighted by Gasteiger charge is -2.41. The van der Waals surface area contributed by atoms with Crippen LogP contribution >= 0.6 is 0 Å². The van der Waals surface area contributed by atoms with Gasteiger partial charge in [0.1, 0.15) is 0 Å². The number of aliphatic imine (C=N–C) groups is 1. The molecule has 0 radical (unpaired) electrons. The topological polar surface area (TPSA) is 33.8 Å². The lowest BCUT2D eigenvalue weighted by Crippen LogP contribution is -2.38. The van der Waals surface area contributed by atoms with E-state index in [9.17, 15) is 4.79 Å². The van der Waals surface area contributed by atoms with Gasteiger partial charge < -0.3 is 4.85 Å². The van der Waals surface area contributed by atoms with E-state index in [-0.39, 0.29) is 16.9 Å². The van der Waals surface area contributed by atoms with E-state index < -0.39 is 0 Å². The molecule has 1 aliphatic rings. The molecule has 0 saturated heterocycles. The van der Waals surface area contributed by atoms with Crippen molar-refractivity contribution in [1.29, 1.82) is 0 Å². The highest BCUT2D eigenvalue weighted by Crippen LogP contribution is 2.47. The third-order valence-electron chi connectivity index (χ3n) is 3.13. The molecule has 0 amide bonds. The Morgan fingerprint density at radius 3 is 2.67 bits per heavy atom. The number of hydrogen-bond acceptors (Lipinski definition) is 2. The Labute approximate surface area is 91.4 Å². The van der Waals surface area contributed by atoms with Crippen molar-refractivity contribution < 1.29 is 4.79 Å². The van der Waals surface area contributed by atoms with Gasteiger partial charge in [0, 0.05) is 12.8 Å². The van der Waals surface area contributed by atoms with Crippen molar-refractivity contribution in [3.8, 4) is 0 Å². The Morgan fingerprint density at radius 2 is 2.13 bits per heavy atom. The van der Waals surface area contributed by atoms with Crippen molar-refractivity contribution in [3.63, 3.8) is 0 Å². The Hall–Kier alpha value is -1.13. The summed E-state index contributed by atoms with van der Waals surface area (Å²) in [5.74, 6) is 0. The third-order valence-corrected chi connectivity index (χ3v) is 3.13. The summed E-state index contributed by atoms with van der Waals surface area (Å²) in [5.41, 5.74) is 0.176. The van der Waals surface area contributed by atoms with Crippen molar-refractivity contribution in [2.24, 2.45) is 15.8 Å². The van der Waals surface area contributed by atoms with Crippen molar-refractivity contribution in [3.05, 3.63) is 11.4 Å². The predicted octanol–water partition coefficient (Wildman–Crippen LogP) is 2.83. The average Bonchev–Trinajstić information content (AvgIpc) is 2.12. The molecule has 1 rings (SSSR count). The first-order valence-electron chi connectivity index (χ1n) is 5.31. The van der Waals surface area contributed by atoms with Gasteiger partial charge in [0.25, 0.3) is 0 Å². The molecule has 2 atom stereocenters. The van der Waals surface area contributed by atoms with Crippen LogP contribution in [0.25, 0.3) is 4.85 Å². The zero-order valence-electron chi connectivity index (χ0n) is 9.71. The minimum Gasteiger partial charge on any atom is -0.314 e. The van der Waals surface area contributed by atoms with Gasteiger partial charge in [-0.3, -0.25) is 0 Å². The maximum Gasteiger partial charge on any atom is 0.234 e.